The minimum absolute atomic E-state index is 0.151. The van der Waals surface area contributed by atoms with Crippen molar-refractivity contribution in [2.24, 2.45) is 5.92 Å². The molecule has 0 spiro atoms. The standard InChI is InChI=1S/C14H17N3O2/c1-9(2)8-19-11-5-3-4-10(6-11)13-7-12(15)14(18)17-16-13/h3-7,9H,8H2,1-2H3,(H2,15,16)(H,17,18). The zero-order valence-corrected chi connectivity index (χ0v) is 11.0. The molecule has 0 bridgehead atoms. The molecule has 1 aromatic heterocycles. The van der Waals surface area contributed by atoms with E-state index in [-0.39, 0.29) is 11.2 Å². The van der Waals surface area contributed by atoms with Crippen LogP contribution in [0.2, 0.25) is 0 Å². The first-order valence-electron chi connectivity index (χ1n) is 6.14. The third-order valence-corrected chi connectivity index (χ3v) is 2.55. The van der Waals surface area contributed by atoms with Crippen LogP contribution in [0.1, 0.15) is 13.8 Å². The van der Waals surface area contributed by atoms with Crippen molar-refractivity contribution in [1.82, 2.24) is 10.2 Å². The number of anilines is 1. The maximum Gasteiger partial charge on any atom is 0.287 e. The van der Waals surface area contributed by atoms with Gasteiger partial charge in [-0.15, -0.1) is 0 Å². The number of aromatic amines is 1. The first kappa shape index (κ1) is 13.1. The van der Waals surface area contributed by atoms with Gasteiger partial charge in [0.15, 0.2) is 0 Å². The number of ether oxygens (including phenoxy) is 1. The van der Waals surface area contributed by atoms with Crippen molar-refractivity contribution in [3.05, 3.63) is 40.7 Å². The number of hydrogen-bond donors (Lipinski definition) is 2. The monoisotopic (exact) mass is 259 g/mol. The summed E-state index contributed by atoms with van der Waals surface area (Å²) < 4.78 is 5.65. The van der Waals surface area contributed by atoms with Gasteiger partial charge in [-0.2, -0.15) is 5.10 Å². The van der Waals surface area contributed by atoms with Gasteiger partial charge in [0, 0.05) is 5.56 Å². The summed E-state index contributed by atoms with van der Waals surface area (Å²) in [6, 6.07) is 9.10. The zero-order valence-electron chi connectivity index (χ0n) is 11.0. The molecule has 0 unspecified atom stereocenters. The van der Waals surface area contributed by atoms with E-state index in [4.69, 9.17) is 10.5 Å². The first-order chi connectivity index (χ1) is 9.06. The number of benzene rings is 1. The fraction of sp³-hybridized carbons (Fsp3) is 0.286. The molecule has 0 atom stereocenters. The Bertz CT molecular complexity index is 620. The molecule has 0 fully saturated rings. The average Bonchev–Trinajstić information content (AvgIpc) is 2.40. The van der Waals surface area contributed by atoms with Gasteiger partial charge < -0.3 is 10.5 Å². The van der Waals surface area contributed by atoms with Crippen LogP contribution < -0.4 is 16.0 Å². The number of hydrogen-bond acceptors (Lipinski definition) is 4. The molecule has 0 saturated heterocycles. The summed E-state index contributed by atoms with van der Waals surface area (Å²) in [5, 5.41) is 6.34. The van der Waals surface area contributed by atoms with Gasteiger partial charge in [0.1, 0.15) is 11.4 Å². The zero-order chi connectivity index (χ0) is 13.8. The second-order valence-electron chi connectivity index (χ2n) is 4.77. The van der Waals surface area contributed by atoms with E-state index in [1.165, 1.54) is 0 Å². The van der Waals surface area contributed by atoms with Crippen molar-refractivity contribution >= 4 is 5.69 Å². The van der Waals surface area contributed by atoms with Crippen LogP contribution in [0.3, 0.4) is 0 Å². The van der Waals surface area contributed by atoms with Crippen molar-refractivity contribution in [2.45, 2.75) is 13.8 Å². The first-order valence-corrected chi connectivity index (χ1v) is 6.14. The van der Waals surface area contributed by atoms with E-state index in [2.05, 4.69) is 24.0 Å². The lowest BCUT2D eigenvalue weighted by Gasteiger charge is -2.09. The Morgan fingerprint density at radius 1 is 1.37 bits per heavy atom. The highest BCUT2D eigenvalue weighted by atomic mass is 16.5. The summed E-state index contributed by atoms with van der Waals surface area (Å²) in [4.78, 5) is 11.2. The predicted octanol–water partition coefficient (Wildman–Crippen LogP) is 2.05. The van der Waals surface area contributed by atoms with E-state index in [1.54, 1.807) is 6.07 Å². The fourth-order valence-electron chi connectivity index (χ4n) is 1.58. The number of aromatic nitrogens is 2. The van der Waals surface area contributed by atoms with Crippen LogP contribution in [-0.2, 0) is 0 Å². The summed E-state index contributed by atoms with van der Waals surface area (Å²) in [6.45, 7) is 4.84. The number of rotatable bonds is 4. The molecule has 0 aliphatic carbocycles. The molecular weight excluding hydrogens is 242 g/mol. The van der Waals surface area contributed by atoms with Crippen LogP contribution in [0.15, 0.2) is 35.1 Å². The molecule has 0 amide bonds. The second-order valence-corrected chi connectivity index (χ2v) is 4.77. The molecule has 0 saturated carbocycles. The molecule has 0 radical (unpaired) electrons. The third-order valence-electron chi connectivity index (χ3n) is 2.55. The Labute approximate surface area is 111 Å². The molecular formula is C14H17N3O2. The van der Waals surface area contributed by atoms with Crippen LogP contribution >= 0.6 is 0 Å². The number of nitrogens with one attached hydrogen (secondary N) is 1. The van der Waals surface area contributed by atoms with Crippen LogP contribution in [0, 0.1) is 5.92 Å². The molecule has 5 nitrogen and oxygen atoms in total. The maximum absolute atomic E-state index is 11.2. The molecule has 100 valence electrons. The molecule has 0 aliphatic heterocycles. The van der Waals surface area contributed by atoms with E-state index in [0.29, 0.717) is 18.2 Å². The molecule has 2 rings (SSSR count). The number of nitrogen functional groups attached to an aromatic ring is 1. The summed E-state index contributed by atoms with van der Waals surface area (Å²) >= 11 is 0. The highest BCUT2D eigenvalue weighted by Gasteiger charge is 2.05. The Morgan fingerprint density at radius 2 is 2.16 bits per heavy atom. The molecule has 0 aliphatic rings. The largest absolute Gasteiger partial charge is 0.493 e. The van der Waals surface area contributed by atoms with E-state index in [1.807, 2.05) is 24.3 Å². The lowest BCUT2D eigenvalue weighted by Crippen LogP contribution is -2.13. The Morgan fingerprint density at radius 3 is 2.84 bits per heavy atom. The van der Waals surface area contributed by atoms with E-state index < -0.39 is 0 Å². The van der Waals surface area contributed by atoms with Gasteiger partial charge in [-0.3, -0.25) is 4.79 Å². The van der Waals surface area contributed by atoms with Gasteiger partial charge in [-0.1, -0.05) is 26.0 Å². The normalized spacial score (nSPS) is 10.7. The molecule has 19 heavy (non-hydrogen) atoms. The third kappa shape index (κ3) is 3.34. The predicted molar refractivity (Wildman–Crippen MR) is 75.0 cm³/mol. The summed E-state index contributed by atoms with van der Waals surface area (Å²) in [5.74, 6) is 1.24. The molecule has 3 N–H and O–H groups in total. The van der Waals surface area contributed by atoms with Crippen molar-refractivity contribution in [3.63, 3.8) is 0 Å². The molecule has 2 aromatic rings. The minimum atomic E-state index is -0.379. The Hall–Kier alpha value is -2.30. The second kappa shape index (κ2) is 5.56. The van der Waals surface area contributed by atoms with E-state index >= 15 is 0 Å². The van der Waals surface area contributed by atoms with E-state index in [9.17, 15) is 4.79 Å². The molecule has 1 heterocycles. The molecule has 5 heteroatoms. The molecule has 1 aromatic carbocycles. The SMILES string of the molecule is CC(C)COc1cccc(-c2cc(N)c(=O)[nH]n2)c1. The highest BCUT2D eigenvalue weighted by Crippen LogP contribution is 2.22. The highest BCUT2D eigenvalue weighted by molar-refractivity contribution is 5.63. The average molecular weight is 259 g/mol. The smallest absolute Gasteiger partial charge is 0.287 e. The van der Waals surface area contributed by atoms with Crippen LogP contribution in [0.5, 0.6) is 5.75 Å². The van der Waals surface area contributed by atoms with Gasteiger partial charge >= 0.3 is 0 Å². The van der Waals surface area contributed by atoms with Gasteiger partial charge in [0.2, 0.25) is 0 Å². The van der Waals surface area contributed by atoms with E-state index in [0.717, 1.165) is 11.3 Å². The quantitative estimate of drug-likeness (QED) is 0.880. The summed E-state index contributed by atoms with van der Waals surface area (Å²) in [5.41, 5.74) is 6.82. The van der Waals surface area contributed by atoms with Crippen LogP contribution in [0.25, 0.3) is 11.3 Å². The van der Waals surface area contributed by atoms with Crippen molar-refractivity contribution in [2.75, 3.05) is 12.3 Å². The van der Waals surface area contributed by atoms with Crippen LogP contribution in [-0.4, -0.2) is 16.8 Å². The fourth-order valence-corrected chi connectivity index (χ4v) is 1.58. The van der Waals surface area contributed by atoms with Gasteiger partial charge in [-0.25, -0.2) is 5.10 Å². The van der Waals surface area contributed by atoms with Gasteiger partial charge in [-0.05, 0) is 24.1 Å². The van der Waals surface area contributed by atoms with Crippen molar-refractivity contribution in [3.8, 4) is 17.0 Å². The summed E-state index contributed by atoms with van der Waals surface area (Å²) in [6.07, 6.45) is 0. The van der Waals surface area contributed by atoms with Crippen molar-refractivity contribution in [1.29, 1.82) is 0 Å². The number of H-pyrrole nitrogens is 1. The topological polar surface area (TPSA) is 81.0 Å². The lowest BCUT2D eigenvalue weighted by molar-refractivity contribution is 0.271. The van der Waals surface area contributed by atoms with Crippen molar-refractivity contribution < 1.29 is 4.74 Å². The lowest BCUT2D eigenvalue weighted by atomic mass is 10.1. The minimum Gasteiger partial charge on any atom is -0.493 e. The van der Waals surface area contributed by atoms with Gasteiger partial charge in [0.05, 0.1) is 12.3 Å². The Kier molecular flexibility index (Phi) is 3.85. The van der Waals surface area contributed by atoms with Gasteiger partial charge in [0.25, 0.3) is 5.56 Å². The number of nitrogens with two attached hydrogens (primary N) is 1. The Balaban J connectivity index is 2.27. The van der Waals surface area contributed by atoms with Crippen LogP contribution in [0.4, 0.5) is 5.69 Å². The number of nitrogens with zero attached hydrogens (tertiary/aromatic N) is 1. The summed E-state index contributed by atoms with van der Waals surface area (Å²) in [7, 11) is 0. The maximum atomic E-state index is 11.2.